The first-order valence-corrected chi connectivity index (χ1v) is 5.10. The maximum atomic E-state index is 11.9. The van der Waals surface area contributed by atoms with Gasteiger partial charge in [-0.1, -0.05) is 6.92 Å². The monoisotopic (exact) mass is 254 g/mol. The van der Waals surface area contributed by atoms with E-state index in [-0.39, 0.29) is 24.8 Å². The van der Waals surface area contributed by atoms with Crippen LogP contribution in [0.1, 0.15) is 13.8 Å². The van der Waals surface area contributed by atoms with E-state index in [1.54, 1.807) is 19.2 Å². The highest BCUT2D eigenvalue weighted by molar-refractivity contribution is 5.80. The van der Waals surface area contributed by atoms with Crippen LogP contribution in [0.2, 0.25) is 0 Å². The van der Waals surface area contributed by atoms with E-state index in [2.05, 4.69) is 0 Å². The van der Waals surface area contributed by atoms with E-state index in [0.29, 0.717) is 0 Å². The van der Waals surface area contributed by atoms with Crippen LogP contribution in [0.3, 0.4) is 0 Å². The summed E-state index contributed by atoms with van der Waals surface area (Å²) in [6.45, 7) is 2.27. The van der Waals surface area contributed by atoms with E-state index in [9.17, 15) is 18.0 Å². The van der Waals surface area contributed by atoms with Gasteiger partial charge in [-0.05, 0) is 6.92 Å². The van der Waals surface area contributed by atoms with Gasteiger partial charge < -0.3 is 16.0 Å². The average Bonchev–Trinajstić information content (AvgIpc) is 2.20. The van der Waals surface area contributed by atoms with Crippen molar-refractivity contribution in [2.75, 3.05) is 19.6 Å². The SMILES string of the molecule is CCN(CC(C)C(=N)N)C(=O)NCC(F)(F)F. The Morgan fingerprint density at radius 3 is 2.41 bits per heavy atom. The molecule has 0 aromatic heterocycles. The van der Waals surface area contributed by atoms with Crippen molar-refractivity contribution in [1.82, 2.24) is 10.2 Å². The molecule has 8 heteroatoms. The standard InChI is InChI=1S/C9H17F3N4O/c1-3-16(4-6(2)7(13)14)8(17)15-5-9(10,11)12/h6H,3-5H2,1-2H3,(H3,13,14)(H,15,17). The molecule has 2 amide bonds. The van der Waals surface area contributed by atoms with Crippen molar-refractivity contribution >= 4 is 11.9 Å². The van der Waals surface area contributed by atoms with Crippen molar-refractivity contribution in [1.29, 1.82) is 5.41 Å². The molecule has 0 saturated carbocycles. The van der Waals surface area contributed by atoms with Crippen LogP contribution in [-0.4, -0.2) is 42.6 Å². The molecule has 0 bridgehead atoms. The molecular weight excluding hydrogens is 237 g/mol. The van der Waals surface area contributed by atoms with Crippen molar-refractivity contribution in [2.45, 2.75) is 20.0 Å². The Labute approximate surface area is 97.7 Å². The number of amidine groups is 1. The van der Waals surface area contributed by atoms with Gasteiger partial charge >= 0.3 is 12.2 Å². The second kappa shape index (κ2) is 6.31. The Balaban J connectivity index is 4.27. The molecule has 0 aliphatic carbocycles. The van der Waals surface area contributed by atoms with Crippen molar-refractivity contribution in [3.8, 4) is 0 Å². The summed E-state index contributed by atoms with van der Waals surface area (Å²) in [4.78, 5) is 12.6. The molecule has 0 fully saturated rings. The number of nitrogens with one attached hydrogen (secondary N) is 2. The minimum Gasteiger partial charge on any atom is -0.387 e. The fourth-order valence-electron chi connectivity index (χ4n) is 1.07. The lowest BCUT2D eigenvalue weighted by atomic mass is 10.1. The smallest absolute Gasteiger partial charge is 0.387 e. The van der Waals surface area contributed by atoms with Gasteiger partial charge in [0.1, 0.15) is 6.54 Å². The number of nitrogens with two attached hydrogens (primary N) is 1. The second-order valence-corrected chi connectivity index (χ2v) is 3.67. The summed E-state index contributed by atoms with van der Waals surface area (Å²) in [5, 5.41) is 8.92. The van der Waals surface area contributed by atoms with Crippen molar-refractivity contribution in [3.05, 3.63) is 0 Å². The van der Waals surface area contributed by atoms with Crippen LogP contribution in [0.25, 0.3) is 0 Å². The lowest BCUT2D eigenvalue weighted by molar-refractivity contribution is -0.123. The molecule has 0 aliphatic heterocycles. The van der Waals surface area contributed by atoms with Crippen molar-refractivity contribution in [3.63, 3.8) is 0 Å². The Kier molecular flexibility index (Phi) is 5.77. The first-order valence-electron chi connectivity index (χ1n) is 5.10. The molecule has 5 nitrogen and oxygen atoms in total. The van der Waals surface area contributed by atoms with Crippen LogP contribution in [0.15, 0.2) is 0 Å². The zero-order valence-electron chi connectivity index (χ0n) is 9.77. The zero-order valence-corrected chi connectivity index (χ0v) is 9.77. The van der Waals surface area contributed by atoms with Gasteiger partial charge in [0.2, 0.25) is 0 Å². The zero-order chi connectivity index (χ0) is 13.6. The summed E-state index contributed by atoms with van der Waals surface area (Å²) in [6, 6.07) is -0.807. The first-order chi connectivity index (χ1) is 7.67. The number of urea groups is 1. The fourth-order valence-corrected chi connectivity index (χ4v) is 1.07. The molecule has 0 aromatic carbocycles. The lowest BCUT2D eigenvalue weighted by Gasteiger charge is -2.24. The summed E-state index contributed by atoms with van der Waals surface area (Å²) >= 11 is 0. The molecule has 0 heterocycles. The summed E-state index contributed by atoms with van der Waals surface area (Å²) in [6.07, 6.45) is -4.43. The summed E-state index contributed by atoms with van der Waals surface area (Å²) in [5.74, 6) is -0.487. The maximum Gasteiger partial charge on any atom is 0.405 e. The summed E-state index contributed by atoms with van der Waals surface area (Å²) < 4.78 is 35.7. The number of amides is 2. The van der Waals surface area contributed by atoms with Crippen LogP contribution >= 0.6 is 0 Å². The molecule has 0 radical (unpaired) electrons. The quantitative estimate of drug-likeness (QED) is 0.508. The molecule has 100 valence electrons. The Morgan fingerprint density at radius 1 is 1.53 bits per heavy atom. The molecule has 0 rings (SSSR count). The van der Waals surface area contributed by atoms with Crippen molar-refractivity contribution < 1.29 is 18.0 Å². The number of halogens is 3. The van der Waals surface area contributed by atoms with Gasteiger partial charge in [-0.3, -0.25) is 5.41 Å². The van der Waals surface area contributed by atoms with Gasteiger partial charge in [0.25, 0.3) is 0 Å². The third-order valence-corrected chi connectivity index (χ3v) is 2.13. The van der Waals surface area contributed by atoms with Gasteiger partial charge in [-0.2, -0.15) is 13.2 Å². The lowest BCUT2D eigenvalue weighted by Crippen LogP contribution is -2.46. The minimum absolute atomic E-state index is 0.105. The van der Waals surface area contributed by atoms with Gasteiger partial charge in [0.05, 0.1) is 5.84 Å². The van der Waals surface area contributed by atoms with E-state index in [0.717, 1.165) is 0 Å². The Hall–Kier alpha value is -1.47. The highest BCUT2D eigenvalue weighted by Gasteiger charge is 2.28. The van der Waals surface area contributed by atoms with Gasteiger partial charge in [-0.25, -0.2) is 4.79 Å². The largest absolute Gasteiger partial charge is 0.405 e. The first kappa shape index (κ1) is 15.5. The van der Waals surface area contributed by atoms with Gasteiger partial charge in [0, 0.05) is 19.0 Å². The topological polar surface area (TPSA) is 82.2 Å². The predicted octanol–water partition coefficient (Wildman–Crippen LogP) is 1.15. The summed E-state index contributed by atoms with van der Waals surface area (Å²) in [5.41, 5.74) is 5.23. The fraction of sp³-hybridized carbons (Fsp3) is 0.778. The van der Waals surface area contributed by atoms with Crippen LogP contribution in [0.4, 0.5) is 18.0 Å². The molecule has 0 aliphatic rings. The Morgan fingerprint density at radius 2 is 2.06 bits per heavy atom. The highest BCUT2D eigenvalue weighted by Crippen LogP contribution is 2.12. The average molecular weight is 254 g/mol. The predicted molar refractivity (Wildman–Crippen MR) is 57.8 cm³/mol. The molecule has 1 unspecified atom stereocenters. The number of carbonyl (C=O) groups excluding carboxylic acids is 1. The highest BCUT2D eigenvalue weighted by atomic mass is 19.4. The molecule has 0 spiro atoms. The molecule has 17 heavy (non-hydrogen) atoms. The maximum absolute atomic E-state index is 11.9. The van der Waals surface area contributed by atoms with E-state index < -0.39 is 18.8 Å². The molecule has 1 atom stereocenters. The molecular formula is C9H17F3N4O. The van der Waals surface area contributed by atoms with E-state index >= 15 is 0 Å². The van der Waals surface area contributed by atoms with E-state index in [4.69, 9.17) is 11.1 Å². The number of alkyl halides is 3. The molecule has 0 aromatic rings. The summed E-state index contributed by atoms with van der Waals surface area (Å²) in [7, 11) is 0. The second-order valence-electron chi connectivity index (χ2n) is 3.67. The van der Waals surface area contributed by atoms with Crippen LogP contribution in [0.5, 0.6) is 0 Å². The minimum atomic E-state index is -4.43. The third kappa shape index (κ3) is 6.64. The number of carbonyl (C=O) groups is 1. The van der Waals surface area contributed by atoms with Crippen molar-refractivity contribution in [2.24, 2.45) is 11.7 Å². The third-order valence-electron chi connectivity index (χ3n) is 2.13. The van der Waals surface area contributed by atoms with E-state index in [1.165, 1.54) is 4.90 Å². The Bertz CT molecular complexity index is 280. The van der Waals surface area contributed by atoms with Gasteiger partial charge in [0.15, 0.2) is 0 Å². The van der Waals surface area contributed by atoms with E-state index in [1.807, 2.05) is 0 Å². The van der Waals surface area contributed by atoms with Crippen LogP contribution in [0, 0.1) is 11.3 Å². The normalized spacial score (nSPS) is 13.0. The number of hydrogen-bond donors (Lipinski definition) is 3. The number of nitrogens with zero attached hydrogens (tertiary/aromatic N) is 1. The number of rotatable bonds is 5. The molecule has 0 saturated heterocycles. The van der Waals surface area contributed by atoms with Gasteiger partial charge in [-0.15, -0.1) is 0 Å². The number of hydrogen-bond acceptors (Lipinski definition) is 2. The van der Waals surface area contributed by atoms with Crippen LogP contribution < -0.4 is 11.1 Å². The molecule has 4 N–H and O–H groups in total. The van der Waals surface area contributed by atoms with Crippen LogP contribution in [-0.2, 0) is 0 Å².